The van der Waals surface area contributed by atoms with Gasteiger partial charge in [-0.3, -0.25) is 4.90 Å². The molecule has 1 saturated heterocycles. The number of benzene rings is 1. The third-order valence-corrected chi connectivity index (χ3v) is 7.25. The minimum Gasteiger partial charge on any atom is -0.440 e. The lowest BCUT2D eigenvalue weighted by Gasteiger charge is -2.34. The number of ether oxygens (including phenoxy) is 1. The Bertz CT molecular complexity index is 1280. The molecule has 0 spiro atoms. The summed E-state index contributed by atoms with van der Waals surface area (Å²) in [7, 11) is -3.90. The summed E-state index contributed by atoms with van der Waals surface area (Å²) in [6.07, 6.45) is 6.21. The molecule has 2 atom stereocenters. The van der Waals surface area contributed by atoms with Gasteiger partial charge in [0.1, 0.15) is 5.76 Å². The molecule has 3 heterocycles. The molecule has 2 aromatic heterocycles. The van der Waals surface area contributed by atoms with Gasteiger partial charge in [-0.25, -0.2) is 4.98 Å². The van der Waals surface area contributed by atoms with Crippen molar-refractivity contribution in [3.63, 3.8) is 0 Å². The maximum absolute atomic E-state index is 13.0. The number of allylic oxidation sites excluding steroid dienone is 2. The first-order valence-corrected chi connectivity index (χ1v) is 12.1. The van der Waals surface area contributed by atoms with Crippen molar-refractivity contribution in [2.24, 2.45) is 0 Å². The molecule has 0 N–H and O–H groups in total. The first-order valence-electron chi connectivity index (χ1n) is 10.3. The predicted octanol–water partition coefficient (Wildman–Crippen LogP) is 4.22. The second kappa shape index (κ2) is 8.82. The highest BCUT2D eigenvalue weighted by molar-refractivity contribution is 7.94. The van der Waals surface area contributed by atoms with Crippen molar-refractivity contribution in [2.75, 3.05) is 13.1 Å². The predicted molar refractivity (Wildman–Crippen MR) is 124 cm³/mol. The molecule has 1 aromatic carbocycles. The third kappa shape index (κ3) is 4.25. The van der Waals surface area contributed by atoms with E-state index in [1.807, 2.05) is 13.8 Å². The van der Waals surface area contributed by atoms with Gasteiger partial charge in [-0.1, -0.05) is 24.3 Å². The largest absolute Gasteiger partial charge is 0.440 e. The minimum atomic E-state index is -3.90. The van der Waals surface area contributed by atoms with Crippen LogP contribution in [-0.4, -0.2) is 52.8 Å². The number of hydrogen-bond acceptors (Lipinski definition) is 7. The van der Waals surface area contributed by atoms with Crippen molar-refractivity contribution in [1.82, 2.24) is 19.1 Å². The van der Waals surface area contributed by atoms with Crippen LogP contribution in [0.25, 0.3) is 22.4 Å². The van der Waals surface area contributed by atoms with Crippen LogP contribution in [0.2, 0.25) is 5.02 Å². The molecule has 0 amide bonds. The van der Waals surface area contributed by atoms with Gasteiger partial charge < -0.3 is 9.15 Å². The number of halogens is 1. The van der Waals surface area contributed by atoms with Gasteiger partial charge >= 0.3 is 0 Å². The minimum absolute atomic E-state index is 0.0522. The molecule has 4 rings (SSSR count). The van der Waals surface area contributed by atoms with Crippen LogP contribution < -0.4 is 0 Å². The smallest absolute Gasteiger partial charge is 0.283 e. The molecule has 170 valence electrons. The Morgan fingerprint density at radius 1 is 1.28 bits per heavy atom. The van der Waals surface area contributed by atoms with Crippen LogP contribution in [0.3, 0.4) is 0 Å². The van der Waals surface area contributed by atoms with Crippen LogP contribution in [-0.2, 0) is 21.3 Å². The summed E-state index contributed by atoms with van der Waals surface area (Å²) in [5, 5.41) is 5.03. The fraction of sp³-hybridized carbons (Fsp3) is 0.364. The van der Waals surface area contributed by atoms with E-state index < -0.39 is 10.0 Å². The highest BCUT2D eigenvalue weighted by Crippen LogP contribution is 2.33. The van der Waals surface area contributed by atoms with E-state index in [1.165, 1.54) is 18.3 Å². The maximum Gasteiger partial charge on any atom is 0.283 e. The topological polar surface area (TPSA) is 90.5 Å². The Morgan fingerprint density at radius 3 is 2.66 bits per heavy atom. The molecule has 8 nitrogen and oxygen atoms in total. The van der Waals surface area contributed by atoms with E-state index in [1.54, 1.807) is 25.3 Å². The van der Waals surface area contributed by atoms with Gasteiger partial charge in [0.05, 0.1) is 41.6 Å². The normalized spacial score (nSPS) is 20.7. The van der Waals surface area contributed by atoms with Crippen LogP contribution in [0.5, 0.6) is 0 Å². The van der Waals surface area contributed by atoms with Crippen molar-refractivity contribution in [1.29, 1.82) is 0 Å². The number of nitrogens with zero attached hydrogens (tertiary/aromatic N) is 4. The fourth-order valence-corrected chi connectivity index (χ4v) is 5.55. The number of fused-ring (bicyclic) bond motifs is 1. The second-order valence-electron chi connectivity index (χ2n) is 7.86. The summed E-state index contributed by atoms with van der Waals surface area (Å²) in [4.78, 5) is 6.73. The number of oxazole rings is 1. The Labute approximate surface area is 192 Å². The highest BCUT2D eigenvalue weighted by Gasteiger charge is 2.25. The summed E-state index contributed by atoms with van der Waals surface area (Å²) in [6.45, 7) is 11.5. The Kier molecular flexibility index (Phi) is 6.26. The van der Waals surface area contributed by atoms with E-state index in [-0.39, 0.29) is 17.1 Å². The van der Waals surface area contributed by atoms with Gasteiger partial charge in [-0.2, -0.15) is 17.6 Å². The van der Waals surface area contributed by atoms with Gasteiger partial charge in [-0.05, 0) is 39.0 Å². The van der Waals surface area contributed by atoms with Gasteiger partial charge in [0.15, 0.2) is 0 Å². The molecule has 32 heavy (non-hydrogen) atoms. The Hall–Kier alpha value is -2.46. The molecule has 3 aromatic rings. The Balaban J connectivity index is 1.71. The molecule has 0 bridgehead atoms. The summed E-state index contributed by atoms with van der Waals surface area (Å²) in [5.41, 5.74) is 0.911. The lowest BCUT2D eigenvalue weighted by molar-refractivity contribution is -0.0718. The SMILES string of the molecule is C=C/C(=C\C)S(=O)(=O)n1ncc2c(-c3ncc(CN4C[C@@H](C)O[C@@H](C)C4)o3)cc(Cl)cc21. The van der Waals surface area contributed by atoms with E-state index in [0.29, 0.717) is 39.7 Å². The zero-order valence-corrected chi connectivity index (χ0v) is 19.7. The van der Waals surface area contributed by atoms with E-state index in [9.17, 15) is 8.42 Å². The van der Waals surface area contributed by atoms with Crippen LogP contribution in [0.4, 0.5) is 0 Å². The van der Waals surface area contributed by atoms with E-state index in [4.69, 9.17) is 20.8 Å². The quantitative estimate of drug-likeness (QED) is 0.492. The molecule has 10 heteroatoms. The number of hydrogen-bond donors (Lipinski definition) is 0. The van der Waals surface area contributed by atoms with Crippen LogP contribution in [0.15, 0.2) is 52.6 Å². The summed E-state index contributed by atoms with van der Waals surface area (Å²) in [6, 6.07) is 3.25. The van der Waals surface area contributed by atoms with Crippen molar-refractivity contribution in [2.45, 2.75) is 39.5 Å². The summed E-state index contributed by atoms with van der Waals surface area (Å²) >= 11 is 6.33. The average molecular weight is 477 g/mol. The molecule has 0 saturated carbocycles. The van der Waals surface area contributed by atoms with E-state index >= 15 is 0 Å². The van der Waals surface area contributed by atoms with Crippen LogP contribution in [0, 0.1) is 0 Å². The van der Waals surface area contributed by atoms with Crippen molar-refractivity contribution >= 4 is 32.5 Å². The zero-order valence-electron chi connectivity index (χ0n) is 18.2. The van der Waals surface area contributed by atoms with Crippen molar-refractivity contribution < 1.29 is 17.6 Å². The van der Waals surface area contributed by atoms with Gasteiger partial charge in [0.25, 0.3) is 10.0 Å². The molecule has 1 fully saturated rings. The fourth-order valence-electron chi connectivity index (χ4n) is 4.05. The zero-order chi connectivity index (χ0) is 23.0. The lowest BCUT2D eigenvalue weighted by Crippen LogP contribution is -2.44. The third-order valence-electron chi connectivity index (χ3n) is 5.29. The molecule has 0 radical (unpaired) electrons. The van der Waals surface area contributed by atoms with Crippen molar-refractivity contribution in [3.05, 3.63) is 58.9 Å². The first kappa shape index (κ1) is 22.7. The van der Waals surface area contributed by atoms with Gasteiger partial charge in [-0.15, -0.1) is 0 Å². The number of rotatable bonds is 6. The molecule has 0 unspecified atom stereocenters. The maximum atomic E-state index is 13.0. The van der Waals surface area contributed by atoms with E-state index in [2.05, 4.69) is 21.6 Å². The standard InChI is InChI=1S/C22H25ClN4O4S/c1-5-18(6-2)32(28,29)27-21-8-16(23)7-19(20(21)10-25-27)22-24-9-17(31-22)13-26-11-14(3)30-15(4)12-26/h5-10,14-15H,1,11-13H2,2-4H3/b18-6+/t14-,15+. The van der Waals surface area contributed by atoms with Gasteiger partial charge in [0.2, 0.25) is 5.89 Å². The van der Waals surface area contributed by atoms with Gasteiger partial charge in [0, 0.05) is 29.1 Å². The monoisotopic (exact) mass is 476 g/mol. The first-order chi connectivity index (χ1) is 15.2. The van der Waals surface area contributed by atoms with Crippen LogP contribution in [0.1, 0.15) is 26.5 Å². The Morgan fingerprint density at radius 2 is 2.00 bits per heavy atom. The molecule has 1 aliphatic rings. The second-order valence-corrected chi connectivity index (χ2v) is 10.1. The molecule has 0 aliphatic carbocycles. The van der Waals surface area contributed by atoms with Crippen molar-refractivity contribution in [3.8, 4) is 11.5 Å². The average Bonchev–Trinajstić information content (AvgIpc) is 3.34. The molecule has 1 aliphatic heterocycles. The summed E-state index contributed by atoms with van der Waals surface area (Å²) < 4.78 is 38.7. The number of morpholine rings is 1. The highest BCUT2D eigenvalue weighted by atomic mass is 35.5. The van der Waals surface area contributed by atoms with E-state index in [0.717, 1.165) is 17.2 Å². The molecular formula is C22H25ClN4O4S. The molecular weight excluding hydrogens is 452 g/mol. The number of aromatic nitrogens is 3. The lowest BCUT2D eigenvalue weighted by atomic mass is 10.1. The van der Waals surface area contributed by atoms with Crippen LogP contribution >= 0.6 is 11.6 Å². The summed E-state index contributed by atoms with van der Waals surface area (Å²) in [5.74, 6) is 1.06.